The van der Waals surface area contributed by atoms with Crippen LogP contribution in [0.4, 0.5) is 0 Å². The van der Waals surface area contributed by atoms with Crippen LogP contribution in [-0.4, -0.2) is 24.0 Å². The van der Waals surface area contributed by atoms with Gasteiger partial charge in [-0.15, -0.1) is 0 Å². The molecule has 0 aromatic carbocycles. The molecule has 2 bridgehead atoms. The van der Waals surface area contributed by atoms with E-state index in [2.05, 4.69) is 26.1 Å². The van der Waals surface area contributed by atoms with Crippen molar-refractivity contribution in [1.82, 2.24) is 5.32 Å². The Kier molecular flexibility index (Phi) is 2.14. The molecule has 4 heteroatoms. The van der Waals surface area contributed by atoms with Crippen molar-refractivity contribution < 1.29 is 14.3 Å². The van der Waals surface area contributed by atoms with Crippen LogP contribution in [0, 0.1) is 10.8 Å². The zero-order chi connectivity index (χ0) is 12.2. The molecule has 90 valence electrons. The van der Waals surface area contributed by atoms with Gasteiger partial charge in [-0.25, -0.2) is 4.79 Å². The highest BCUT2D eigenvalue weighted by molar-refractivity contribution is 5.89. The molecule has 0 aromatic heterocycles. The number of fused-ring (bicyclic) bond motifs is 2. The van der Waals surface area contributed by atoms with Crippen LogP contribution in [-0.2, 0) is 14.3 Å². The molecule has 0 aromatic rings. The summed E-state index contributed by atoms with van der Waals surface area (Å²) < 4.78 is 5.25. The maximum Gasteiger partial charge on any atom is 0.332 e. The van der Waals surface area contributed by atoms with Crippen LogP contribution < -0.4 is 5.32 Å². The Balaban J connectivity index is 2.48. The molecule has 16 heavy (non-hydrogen) atoms. The maximum absolute atomic E-state index is 12.0. The fourth-order valence-corrected chi connectivity index (χ4v) is 3.13. The van der Waals surface area contributed by atoms with Crippen molar-refractivity contribution in [3.63, 3.8) is 0 Å². The van der Waals surface area contributed by atoms with Gasteiger partial charge in [0.05, 0.1) is 6.61 Å². The smallest absolute Gasteiger partial charge is 0.332 e. The van der Waals surface area contributed by atoms with Crippen LogP contribution in [0.1, 0.15) is 40.5 Å². The molecular formula is C12H19NO3. The molecule has 1 amide bonds. The first-order valence-electron chi connectivity index (χ1n) is 5.71. The monoisotopic (exact) mass is 225 g/mol. The van der Waals surface area contributed by atoms with Gasteiger partial charge in [0.2, 0.25) is 5.91 Å². The van der Waals surface area contributed by atoms with E-state index in [-0.39, 0.29) is 22.7 Å². The topological polar surface area (TPSA) is 55.4 Å². The van der Waals surface area contributed by atoms with Gasteiger partial charge in [0, 0.05) is 17.8 Å². The molecule has 1 heterocycles. The van der Waals surface area contributed by atoms with E-state index in [0.29, 0.717) is 13.0 Å². The molecule has 0 spiro atoms. The van der Waals surface area contributed by atoms with Crippen LogP contribution in [0.25, 0.3) is 0 Å². The Hall–Kier alpha value is -1.06. The lowest BCUT2D eigenvalue weighted by atomic mass is 9.61. The van der Waals surface area contributed by atoms with Gasteiger partial charge >= 0.3 is 5.97 Å². The Morgan fingerprint density at radius 2 is 1.94 bits per heavy atom. The molecule has 2 fully saturated rings. The quantitative estimate of drug-likeness (QED) is 0.683. The van der Waals surface area contributed by atoms with Gasteiger partial charge in [-0.2, -0.15) is 0 Å². The molecule has 2 unspecified atom stereocenters. The molecule has 1 saturated carbocycles. The van der Waals surface area contributed by atoms with Gasteiger partial charge in [-0.3, -0.25) is 4.79 Å². The summed E-state index contributed by atoms with van der Waals surface area (Å²) in [5.74, 6) is -0.446. The van der Waals surface area contributed by atoms with Gasteiger partial charge in [-0.1, -0.05) is 20.8 Å². The Labute approximate surface area is 95.7 Å². The second-order valence-electron chi connectivity index (χ2n) is 5.85. The van der Waals surface area contributed by atoms with Crippen molar-refractivity contribution in [3.05, 3.63) is 0 Å². The third-order valence-electron chi connectivity index (χ3n) is 4.89. The van der Waals surface area contributed by atoms with E-state index in [1.165, 1.54) is 6.92 Å². The molecular weight excluding hydrogens is 206 g/mol. The lowest BCUT2D eigenvalue weighted by Crippen LogP contribution is -2.66. The minimum absolute atomic E-state index is 0.0383. The molecule has 4 nitrogen and oxygen atoms in total. The molecule has 1 aliphatic carbocycles. The first kappa shape index (κ1) is 11.4. The molecule has 0 radical (unpaired) electrons. The first-order valence-corrected chi connectivity index (χ1v) is 5.71. The van der Waals surface area contributed by atoms with Gasteiger partial charge < -0.3 is 10.1 Å². The molecule has 2 atom stereocenters. The largest absolute Gasteiger partial charge is 0.463 e. The van der Waals surface area contributed by atoms with Crippen molar-refractivity contribution in [2.75, 3.05) is 6.61 Å². The number of nitrogens with one attached hydrogen (secondary N) is 1. The zero-order valence-electron chi connectivity index (χ0n) is 10.3. The van der Waals surface area contributed by atoms with Gasteiger partial charge in [-0.05, 0) is 12.8 Å². The second-order valence-corrected chi connectivity index (χ2v) is 5.85. The van der Waals surface area contributed by atoms with E-state index in [0.717, 1.165) is 6.42 Å². The fraction of sp³-hybridized carbons (Fsp3) is 0.833. The number of carbonyl (C=O) groups is 2. The molecule has 1 saturated heterocycles. The SMILES string of the molecule is CC(=O)NC12CCC(C)(COC1=O)C2(C)C. The number of amides is 1. The number of cyclic esters (lactones) is 1. The number of carbonyl (C=O) groups excluding carboxylic acids is 2. The zero-order valence-corrected chi connectivity index (χ0v) is 10.3. The predicted octanol–water partition coefficient (Wildman–Crippen LogP) is 1.24. The Bertz CT molecular complexity index is 363. The summed E-state index contributed by atoms with van der Waals surface area (Å²) in [5, 5.41) is 2.84. The second kappa shape index (κ2) is 2.99. The lowest BCUT2D eigenvalue weighted by Gasteiger charge is -2.50. The average Bonchev–Trinajstić information content (AvgIpc) is 2.31. The Morgan fingerprint density at radius 1 is 1.31 bits per heavy atom. The third-order valence-corrected chi connectivity index (χ3v) is 4.89. The summed E-state index contributed by atoms with van der Waals surface area (Å²) in [4.78, 5) is 23.3. The van der Waals surface area contributed by atoms with Crippen LogP contribution in [0.15, 0.2) is 0 Å². The highest BCUT2D eigenvalue weighted by Gasteiger charge is 2.68. The third kappa shape index (κ3) is 1.10. The van der Waals surface area contributed by atoms with Crippen molar-refractivity contribution in [2.45, 2.75) is 46.1 Å². The van der Waals surface area contributed by atoms with Gasteiger partial charge in [0.1, 0.15) is 5.54 Å². The normalized spacial score (nSPS) is 40.4. The summed E-state index contributed by atoms with van der Waals surface area (Å²) in [6, 6.07) is 0. The predicted molar refractivity (Wildman–Crippen MR) is 58.6 cm³/mol. The standard InChI is InChI=1S/C12H19NO3/c1-8(14)13-12-6-5-11(4,10(12,2)3)7-16-9(12)15/h5-7H2,1-4H3,(H,13,14). The number of hydrogen-bond donors (Lipinski definition) is 1. The molecule has 2 aliphatic rings. The fourth-order valence-electron chi connectivity index (χ4n) is 3.13. The van der Waals surface area contributed by atoms with E-state index in [9.17, 15) is 9.59 Å². The first-order chi connectivity index (χ1) is 7.25. The highest BCUT2D eigenvalue weighted by Crippen LogP contribution is 2.60. The van der Waals surface area contributed by atoms with E-state index < -0.39 is 5.54 Å². The van der Waals surface area contributed by atoms with Crippen LogP contribution in [0.5, 0.6) is 0 Å². The van der Waals surface area contributed by atoms with E-state index in [4.69, 9.17) is 4.74 Å². The van der Waals surface area contributed by atoms with E-state index in [1.54, 1.807) is 0 Å². The average molecular weight is 225 g/mol. The number of rotatable bonds is 1. The number of hydrogen-bond acceptors (Lipinski definition) is 3. The van der Waals surface area contributed by atoms with E-state index in [1.807, 2.05) is 0 Å². The summed E-state index contributed by atoms with van der Waals surface area (Å²) >= 11 is 0. The van der Waals surface area contributed by atoms with Gasteiger partial charge in [0.25, 0.3) is 0 Å². The summed E-state index contributed by atoms with van der Waals surface area (Å²) in [6.07, 6.45) is 1.58. The van der Waals surface area contributed by atoms with Crippen LogP contribution >= 0.6 is 0 Å². The Morgan fingerprint density at radius 3 is 2.50 bits per heavy atom. The van der Waals surface area contributed by atoms with Crippen molar-refractivity contribution >= 4 is 11.9 Å². The number of ether oxygens (including phenoxy) is 1. The summed E-state index contributed by atoms with van der Waals surface area (Å²) in [7, 11) is 0. The van der Waals surface area contributed by atoms with Crippen LogP contribution in [0.2, 0.25) is 0 Å². The summed E-state index contributed by atoms with van der Waals surface area (Å²) in [6.45, 7) is 8.14. The van der Waals surface area contributed by atoms with Gasteiger partial charge in [0.15, 0.2) is 0 Å². The maximum atomic E-state index is 12.0. The lowest BCUT2D eigenvalue weighted by molar-refractivity contribution is -0.178. The summed E-state index contributed by atoms with van der Waals surface area (Å²) in [5.41, 5.74) is -1.13. The van der Waals surface area contributed by atoms with Crippen molar-refractivity contribution in [1.29, 1.82) is 0 Å². The highest BCUT2D eigenvalue weighted by atomic mass is 16.5. The van der Waals surface area contributed by atoms with Crippen LogP contribution in [0.3, 0.4) is 0 Å². The van der Waals surface area contributed by atoms with Crippen molar-refractivity contribution in [2.24, 2.45) is 10.8 Å². The minimum atomic E-state index is -0.828. The molecule has 2 rings (SSSR count). The van der Waals surface area contributed by atoms with Crippen molar-refractivity contribution in [3.8, 4) is 0 Å². The molecule has 1 N–H and O–H groups in total. The minimum Gasteiger partial charge on any atom is -0.463 e. The molecule has 1 aliphatic heterocycles. The van der Waals surface area contributed by atoms with E-state index >= 15 is 0 Å². The number of esters is 1.